The molecule has 2 aromatic carbocycles. The molecule has 1 radical (unpaired) electrons. The predicted molar refractivity (Wildman–Crippen MR) is 87.4 cm³/mol. The van der Waals surface area contributed by atoms with Gasteiger partial charge in [0.25, 0.3) is 0 Å². The summed E-state index contributed by atoms with van der Waals surface area (Å²) >= 11 is 7.45. The molecule has 0 aliphatic rings. The number of aromatic nitrogens is 1. The van der Waals surface area contributed by atoms with Gasteiger partial charge in [0.2, 0.25) is 6.29 Å². The van der Waals surface area contributed by atoms with E-state index in [2.05, 4.69) is 0 Å². The van der Waals surface area contributed by atoms with Gasteiger partial charge in [0.15, 0.2) is 0 Å². The summed E-state index contributed by atoms with van der Waals surface area (Å²) in [6, 6.07) is 17.4. The third kappa shape index (κ3) is 3.04. The first-order valence-corrected chi connectivity index (χ1v) is 7.63. The average molecular weight is 313 g/mol. The van der Waals surface area contributed by atoms with Gasteiger partial charge < -0.3 is 0 Å². The Hall–Kier alpha value is -1.97. The zero-order chi connectivity index (χ0) is 14.7. The number of carbonyl (C=O) groups excluding carboxylic acids is 1. The highest BCUT2D eigenvalue weighted by molar-refractivity contribution is 7.15. The van der Waals surface area contributed by atoms with Gasteiger partial charge in [-0.15, -0.1) is 11.3 Å². The third-order valence-electron chi connectivity index (χ3n) is 3.07. The van der Waals surface area contributed by atoms with Crippen LogP contribution in [0.5, 0.6) is 0 Å². The molecule has 4 heteroatoms. The van der Waals surface area contributed by atoms with Crippen molar-refractivity contribution in [1.29, 1.82) is 0 Å². The maximum Gasteiger partial charge on any atom is 0.204 e. The highest BCUT2D eigenvalue weighted by Crippen LogP contribution is 2.34. The zero-order valence-corrected chi connectivity index (χ0v) is 12.6. The van der Waals surface area contributed by atoms with Crippen molar-refractivity contribution in [2.45, 2.75) is 6.42 Å². The summed E-state index contributed by atoms with van der Waals surface area (Å²) in [5.74, 6) is 0. The van der Waals surface area contributed by atoms with Crippen molar-refractivity contribution in [1.82, 2.24) is 4.98 Å². The molecule has 0 atom stereocenters. The van der Waals surface area contributed by atoms with E-state index in [-0.39, 0.29) is 6.42 Å². The molecule has 0 spiro atoms. The normalized spacial score (nSPS) is 10.5. The SMILES string of the molecule is O=[C]Cc1sc(-c2ccccc2)nc1-c1ccc(Cl)cc1. The van der Waals surface area contributed by atoms with Crippen LogP contribution in [0.4, 0.5) is 0 Å². The molecule has 3 aromatic rings. The van der Waals surface area contributed by atoms with E-state index in [1.165, 1.54) is 11.3 Å². The smallest absolute Gasteiger partial charge is 0.204 e. The van der Waals surface area contributed by atoms with E-state index in [9.17, 15) is 4.79 Å². The minimum atomic E-state index is 0.252. The lowest BCUT2D eigenvalue weighted by Gasteiger charge is -1.99. The third-order valence-corrected chi connectivity index (χ3v) is 4.42. The van der Waals surface area contributed by atoms with E-state index in [0.29, 0.717) is 5.02 Å². The fourth-order valence-corrected chi connectivity index (χ4v) is 3.22. The fraction of sp³-hybridized carbons (Fsp3) is 0.0588. The van der Waals surface area contributed by atoms with Crippen molar-refractivity contribution in [2.75, 3.05) is 0 Å². The molecule has 0 unspecified atom stereocenters. The van der Waals surface area contributed by atoms with Crippen LogP contribution in [0.25, 0.3) is 21.8 Å². The topological polar surface area (TPSA) is 30.0 Å². The van der Waals surface area contributed by atoms with Crippen LogP contribution in [0, 0.1) is 0 Å². The number of hydrogen-bond donors (Lipinski definition) is 0. The van der Waals surface area contributed by atoms with Crippen molar-refractivity contribution in [3.8, 4) is 21.8 Å². The molecule has 0 aliphatic heterocycles. The predicted octanol–water partition coefficient (Wildman–Crippen LogP) is 4.78. The minimum Gasteiger partial charge on any atom is -0.290 e. The number of thiazole rings is 1. The second kappa shape index (κ2) is 6.20. The molecular formula is C17H11ClNOS. The standard InChI is InChI=1S/C17H11ClNOS/c18-14-8-6-12(7-9-14)16-15(10-11-20)21-17(19-16)13-4-2-1-3-5-13/h1-9H,10H2. The first-order chi connectivity index (χ1) is 10.3. The van der Waals surface area contributed by atoms with Crippen LogP contribution in [-0.2, 0) is 11.2 Å². The number of benzene rings is 2. The van der Waals surface area contributed by atoms with E-state index in [4.69, 9.17) is 16.6 Å². The Morgan fingerprint density at radius 2 is 1.71 bits per heavy atom. The van der Waals surface area contributed by atoms with Gasteiger partial charge in [-0.3, -0.25) is 4.79 Å². The van der Waals surface area contributed by atoms with Crippen LogP contribution < -0.4 is 0 Å². The Bertz CT molecular complexity index is 750. The van der Waals surface area contributed by atoms with Gasteiger partial charge in [-0.05, 0) is 12.1 Å². The quantitative estimate of drug-likeness (QED) is 0.693. The first kappa shape index (κ1) is 14.0. The molecule has 2 nitrogen and oxygen atoms in total. The van der Waals surface area contributed by atoms with Crippen LogP contribution in [0.1, 0.15) is 4.88 Å². The number of rotatable bonds is 4. The summed E-state index contributed by atoms with van der Waals surface area (Å²) < 4.78 is 0. The summed E-state index contributed by atoms with van der Waals surface area (Å²) in [6.45, 7) is 0. The number of nitrogens with zero attached hydrogens (tertiary/aromatic N) is 1. The highest BCUT2D eigenvalue weighted by atomic mass is 35.5. The summed E-state index contributed by atoms with van der Waals surface area (Å²) in [7, 11) is 0. The second-order valence-corrected chi connectivity index (χ2v) is 6.00. The Morgan fingerprint density at radius 3 is 2.38 bits per heavy atom. The van der Waals surface area contributed by atoms with E-state index < -0.39 is 0 Å². The Kier molecular flexibility index (Phi) is 4.13. The maximum atomic E-state index is 10.8. The van der Waals surface area contributed by atoms with Crippen LogP contribution in [0.15, 0.2) is 54.6 Å². The van der Waals surface area contributed by atoms with Crippen molar-refractivity contribution >= 4 is 29.2 Å². The van der Waals surface area contributed by atoms with Crippen molar-refractivity contribution in [3.05, 3.63) is 64.5 Å². The lowest BCUT2D eigenvalue weighted by atomic mass is 10.1. The molecule has 0 amide bonds. The Morgan fingerprint density at radius 1 is 1.00 bits per heavy atom. The molecule has 0 aliphatic carbocycles. The summed E-state index contributed by atoms with van der Waals surface area (Å²) in [5, 5.41) is 1.59. The van der Waals surface area contributed by atoms with Gasteiger partial charge in [-0.2, -0.15) is 0 Å². The molecular weight excluding hydrogens is 302 g/mol. The largest absolute Gasteiger partial charge is 0.290 e. The van der Waals surface area contributed by atoms with E-state index in [1.807, 2.05) is 60.9 Å². The molecule has 0 N–H and O–H groups in total. The molecule has 1 aromatic heterocycles. The van der Waals surface area contributed by atoms with Gasteiger partial charge in [0.05, 0.1) is 12.1 Å². The zero-order valence-electron chi connectivity index (χ0n) is 11.0. The van der Waals surface area contributed by atoms with E-state index in [1.54, 1.807) is 0 Å². The monoisotopic (exact) mass is 312 g/mol. The van der Waals surface area contributed by atoms with Gasteiger partial charge in [0.1, 0.15) is 5.01 Å². The van der Waals surface area contributed by atoms with Gasteiger partial charge in [0, 0.05) is 21.0 Å². The van der Waals surface area contributed by atoms with Crippen LogP contribution >= 0.6 is 22.9 Å². The van der Waals surface area contributed by atoms with Gasteiger partial charge >= 0.3 is 0 Å². The van der Waals surface area contributed by atoms with E-state index in [0.717, 1.165) is 26.7 Å². The van der Waals surface area contributed by atoms with Crippen molar-refractivity contribution in [2.24, 2.45) is 0 Å². The average Bonchev–Trinajstić information content (AvgIpc) is 2.93. The van der Waals surface area contributed by atoms with Crippen LogP contribution in [-0.4, -0.2) is 11.3 Å². The number of halogens is 1. The summed E-state index contributed by atoms with van der Waals surface area (Å²) in [6.07, 6.45) is 2.22. The maximum absolute atomic E-state index is 10.8. The van der Waals surface area contributed by atoms with E-state index >= 15 is 0 Å². The molecule has 0 fully saturated rings. The molecule has 1 heterocycles. The lowest BCUT2D eigenvalue weighted by molar-refractivity contribution is 0.555. The molecule has 103 valence electrons. The molecule has 21 heavy (non-hydrogen) atoms. The molecule has 3 rings (SSSR count). The van der Waals surface area contributed by atoms with Gasteiger partial charge in [-0.1, -0.05) is 54.1 Å². The Balaban J connectivity index is 2.08. The lowest BCUT2D eigenvalue weighted by Crippen LogP contribution is -1.86. The van der Waals surface area contributed by atoms with Crippen LogP contribution in [0.2, 0.25) is 5.02 Å². The van der Waals surface area contributed by atoms with Crippen molar-refractivity contribution in [3.63, 3.8) is 0 Å². The molecule has 0 saturated carbocycles. The Labute approximate surface area is 132 Å². The molecule has 0 saturated heterocycles. The van der Waals surface area contributed by atoms with Crippen LogP contribution in [0.3, 0.4) is 0 Å². The first-order valence-electron chi connectivity index (χ1n) is 6.44. The van der Waals surface area contributed by atoms with Gasteiger partial charge in [-0.25, -0.2) is 4.98 Å². The summed E-state index contributed by atoms with van der Waals surface area (Å²) in [4.78, 5) is 16.4. The second-order valence-electron chi connectivity index (χ2n) is 4.48. The minimum absolute atomic E-state index is 0.252. The number of hydrogen-bond acceptors (Lipinski definition) is 3. The molecule has 0 bridgehead atoms. The van der Waals surface area contributed by atoms with Crippen molar-refractivity contribution < 1.29 is 4.79 Å². The fourth-order valence-electron chi connectivity index (χ4n) is 2.07. The summed E-state index contributed by atoms with van der Waals surface area (Å²) in [5.41, 5.74) is 2.84. The highest BCUT2D eigenvalue weighted by Gasteiger charge is 2.14.